The van der Waals surface area contributed by atoms with Crippen LogP contribution in [0.25, 0.3) is 0 Å². The molecule has 0 bridgehead atoms. The molecule has 4 heteroatoms. The lowest BCUT2D eigenvalue weighted by Gasteiger charge is -2.09. The zero-order valence-electron chi connectivity index (χ0n) is 8.56. The van der Waals surface area contributed by atoms with E-state index in [1.165, 1.54) is 18.9 Å². The third kappa shape index (κ3) is 2.35. The molecule has 3 N–H and O–H groups in total. The van der Waals surface area contributed by atoms with E-state index in [1.807, 2.05) is 22.6 Å². The van der Waals surface area contributed by atoms with Crippen LogP contribution in [0.2, 0.25) is 0 Å². The van der Waals surface area contributed by atoms with Crippen LogP contribution < -0.4 is 11.1 Å². The Kier molecular flexibility index (Phi) is 3.04. The number of anilines is 2. The molecule has 1 aromatic rings. The molecule has 0 aromatic heterocycles. The lowest BCUT2D eigenvalue weighted by atomic mass is 10.2. The Hall–Kier alpha value is -0.520. The molecular formula is C11H14FIN2. The van der Waals surface area contributed by atoms with E-state index in [-0.39, 0.29) is 5.82 Å². The van der Waals surface area contributed by atoms with Crippen LogP contribution in [0.15, 0.2) is 12.1 Å². The predicted octanol–water partition coefficient (Wildman–Crippen LogP) is 3.22. The van der Waals surface area contributed by atoms with Crippen LogP contribution in [0.1, 0.15) is 19.8 Å². The molecule has 0 aliphatic heterocycles. The summed E-state index contributed by atoms with van der Waals surface area (Å²) in [5.41, 5.74) is 7.18. The van der Waals surface area contributed by atoms with Gasteiger partial charge in [-0.15, -0.1) is 0 Å². The first-order valence-corrected chi connectivity index (χ1v) is 6.20. The van der Waals surface area contributed by atoms with Gasteiger partial charge in [0, 0.05) is 12.1 Å². The lowest BCUT2D eigenvalue weighted by Crippen LogP contribution is -2.07. The van der Waals surface area contributed by atoms with Crippen LogP contribution in [0.5, 0.6) is 0 Å². The highest BCUT2D eigenvalue weighted by atomic mass is 127. The summed E-state index contributed by atoms with van der Waals surface area (Å²) in [6.45, 7) is 2.17. The first kappa shape index (κ1) is 11.0. The predicted molar refractivity (Wildman–Crippen MR) is 69.3 cm³/mol. The molecular weight excluding hydrogens is 306 g/mol. The van der Waals surface area contributed by atoms with Crippen molar-refractivity contribution in [3.8, 4) is 0 Å². The summed E-state index contributed by atoms with van der Waals surface area (Å²) in [5.74, 6) is 0.521. The molecule has 1 saturated carbocycles. The molecule has 0 radical (unpaired) electrons. The van der Waals surface area contributed by atoms with Crippen molar-refractivity contribution in [3.63, 3.8) is 0 Å². The van der Waals surface area contributed by atoms with E-state index in [0.717, 1.165) is 11.6 Å². The first-order valence-electron chi connectivity index (χ1n) is 5.13. The van der Waals surface area contributed by atoms with E-state index in [1.54, 1.807) is 6.07 Å². The number of nitrogen functional groups attached to an aromatic ring is 1. The Morgan fingerprint density at radius 1 is 1.60 bits per heavy atom. The summed E-state index contributed by atoms with van der Waals surface area (Å²) in [6, 6.07) is 3.64. The van der Waals surface area contributed by atoms with Crippen molar-refractivity contribution < 1.29 is 4.39 Å². The van der Waals surface area contributed by atoms with E-state index < -0.39 is 0 Å². The van der Waals surface area contributed by atoms with Gasteiger partial charge in [-0.2, -0.15) is 0 Å². The van der Waals surface area contributed by atoms with Crippen LogP contribution in [0.4, 0.5) is 15.8 Å². The van der Waals surface area contributed by atoms with Crippen molar-refractivity contribution in [2.24, 2.45) is 5.92 Å². The number of nitrogens with one attached hydrogen (secondary N) is 1. The number of hydrogen-bond acceptors (Lipinski definition) is 2. The summed E-state index contributed by atoms with van der Waals surface area (Å²) in [5, 5.41) is 3.28. The average molecular weight is 320 g/mol. The zero-order chi connectivity index (χ0) is 11.0. The molecule has 1 aliphatic carbocycles. The molecule has 0 spiro atoms. The monoisotopic (exact) mass is 320 g/mol. The van der Waals surface area contributed by atoms with Gasteiger partial charge in [0.2, 0.25) is 0 Å². The molecule has 2 unspecified atom stereocenters. The van der Waals surface area contributed by atoms with Gasteiger partial charge in [-0.3, -0.25) is 0 Å². The van der Waals surface area contributed by atoms with Crippen LogP contribution in [-0.4, -0.2) is 6.04 Å². The maximum absolute atomic E-state index is 13.3. The Labute approximate surface area is 103 Å². The van der Waals surface area contributed by atoms with Gasteiger partial charge in [0.25, 0.3) is 0 Å². The van der Waals surface area contributed by atoms with Crippen LogP contribution >= 0.6 is 22.6 Å². The molecule has 1 aromatic carbocycles. The second kappa shape index (κ2) is 4.15. The summed E-state index contributed by atoms with van der Waals surface area (Å²) < 4.78 is 13.9. The van der Waals surface area contributed by atoms with E-state index in [4.69, 9.17) is 5.73 Å². The highest BCUT2D eigenvalue weighted by molar-refractivity contribution is 14.1. The van der Waals surface area contributed by atoms with Gasteiger partial charge < -0.3 is 11.1 Å². The minimum atomic E-state index is -0.207. The molecule has 2 rings (SSSR count). The topological polar surface area (TPSA) is 38.0 Å². The molecule has 2 atom stereocenters. The SMILES string of the molecule is CCC1CC1Nc1cc(F)c(I)cc1N. The first-order chi connectivity index (χ1) is 7.11. The Morgan fingerprint density at radius 2 is 2.33 bits per heavy atom. The number of halogens is 2. The van der Waals surface area contributed by atoms with E-state index in [9.17, 15) is 4.39 Å². The van der Waals surface area contributed by atoms with Gasteiger partial charge in [-0.25, -0.2) is 4.39 Å². The van der Waals surface area contributed by atoms with Crippen LogP contribution in [0, 0.1) is 15.3 Å². The van der Waals surface area contributed by atoms with Gasteiger partial charge in [-0.05, 0) is 41.0 Å². The highest BCUT2D eigenvalue weighted by Gasteiger charge is 2.35. The van der Waals surface area contributed by atoms with Crippen molar-refractivity contribution >= 4 is 34.0 Å². The van der Waals surface area contributed by atoms with Crippen molar-refractivity contribution in [1.29, 1.82) is 0 Å². The Bertz CT molecular complexity index is 381. The maximum atomic E-state index is 13.3. The minimum absolute atomic E-state index is 0.207. The molecule has 0 heterocycles. The van der Waals surface area contributed by atoms with Crippen molar-refractivity contribution in [2.75, 3.05) is 11.1 Å². The number of benzene rings is 1. The fourth-order valence-electron chi connectivity index (χ4n) is 1.76. The second-order valence-electron chi connectivity index (χ2n) is 4.01. The third-order valence-electron chi connectivity index (χ3n) is 2.88. The Balaban J connectivity index is 2.12. The maximum Gasteiger partial charge on any atom is 0.138 e. The number of nitrogens with two attached hydrogens (primary N) is 1. The van der Waals surface area contributed by atoms with Crippen molar-refractivity contribution in [2.45, 2.75) is 25.8 Å². The van der Waals surface area contributed by atoms with Crippen molar-refractivity contribution in [1.82, 2.24) is 0 Å². The van der Waals surface area contributed by atoms with E-state index >= 15 is 0 Å². The zero-order valence-corrected chi connectivity index (χ0v) is 10.7. The molecule has 1 fully saturated rings. The molecule has 1 aliphatic rings. The van der Waals surface area contributed by atoms with E-state index in [0.29, 0.717) is 15.3 Å². The van der Waals surface area contributed by atoms with Gasteiger partial charge in [-0.1, -0.05) is 13.3 Å². The van der Waals surface area contributed by atoms with E-state index in [2.05, 4.69) is 12.2 Å². The van der Waals surface area contributed by atoms with Gasteiger partial charge in [0.1, 0.15) is 5.82 Å². The number of hydrogen-bond donors (Lipinski definition) is 2. The molecule has 15 heavy (non-hydrogen) atoms. The molecule has 2 nitrogen and oxygen atoms in total. The average Bonchev–Trinajstić information content (AvgIpc) is 2.93. The summed E-state index contributed by atoms with van der Waals surface area (Å²) in [6.07, 6.45) is 2.34. The normalized spacial score (nSPS) is 23.9. The molecule has 82 valence electrons. The summed E-state index contributed by atoms with van der Waals surface area (Å²) in [4.78, 5) is 0. The number of rotatable bonds is 3. The quantitative estimate of drug-likeness (QED) is 0.663. The highest BCUT2D eigenvalue weighted by Crippen LogP contribution is 2.37. The fourth-order valence-corrected chi connectivity index (χ4v) is 2.25. The third-order valence-corrected chi connectivity index (χ3v) is 3.71. The molecule has 0 amide bonds. The standard InChI is InChI=1S/C11H14FIN2/c1-2-6-3-10(6)15-11-4-7(12)8(13)5-9(11)14/h4-6,10,15H,2-3,14H2,1H3. The van der Waals surface area contributed by atoms with Gasteiger partial charge in [0.15, 0.2) is 0 Å². The van der Waals surface area contributed by atoms with Crippen LogP contribution in [0.3, 0.4) is 0 Å². The summed E-state index contributed by atoms with van der Waals surface area (Å²) >= 11 is 1.94. The van der Waals surface area contributed by atoms with Gasteiger partial charge in [0.05, 0.1) is 14.9 Å². The smallest absolute Gasteiger partial charge is 0.138 e. The lowest BCUT2D eigenvalue weighted by molar-refractivity contribution is 0.621. The largest absolute Gasteiger partial charge is 0.397 e. The fraction of sp³-hybridized carbons (Fsp3) is 0.455. The molecule has 0 saturated heterocycles. The second-order valence-corrected chi connectivity index (χ2v) is 5.17. The van der Waals surface area contributed by atoms with Crippen molar-refractivity contribution in [3.05, 3.63) is 21.5 Å². The summed E-state index contributed by atoms with van der Waals surface area (Å²) in [7, 11) is 0. The Morgan fingerprint density at radius 3 is 2.93 bits per heavy atom. The van der Waals surface area contributed by atoms with Gasteiger partial charge >= 0.3 is 0 Å². The minimum Gasteiger partial charge on any atom is -0.397 e. The van der Waals surface area contributed by atoms with Crippen LogP contribution in [-0.2, 0) is 0 Å².